The van der Waals surface area contributed by atoms with Gasteiger partial charge in [0.1, 0.15) is 0 Å². The van der Waals surface area contributed by atoms with E-state index < -0.39 is 0 Å². The zero-order valence-corrected chi connectivity index (χ0v) is 9.65. The number of hydrogen-bond donors (Lipinski definition) is 2. The van der Waals surface area contributed by atoms with Gasteiger partial charge in [0.15, 0.2) is 0 Å². The van der Waals surface area contributed by atoms with Crippen LogP contribution in [-0.2, 0) is 6.42 Å². The molecule has 0 spiro atoms. The number of benzene rings is 1. The van der Waals surface area contributed by atoms with E-state index in [1.165, 1.54) is 6.33 Å². The monoisotopic (exact) mass is 232 g/mol. The molecule has 0 fully saturated rings. The van der Waals surface area contributed by atoms with Gasteiger partial charge in [-0.15, -0.1) is 0 Å². The fourth-order valence-electron chi connectivity index (χ4n) is 1.89. The van der Waals surface area contributed by atoms with Crippen molar-refractivity contribution in [2.75, 3.05) is 6.61 Å². The van der Waals surface area contributed by atoms with Gasteiger partial charge in [0.05, 0.1) is 17.2 Å². The lowest BCUT2D eigenvalue weighted by Gasteiger charge is -2.02. The number of hydrogen-bond acceptors (Lipinski definition) is 3. The highest BCUT2D eigenvalue weighted by molar-refractivity contribution is 5.77. The van der Waals surface area contributed by atoms with Gasteiger partial charge in [0.2, 0.25) is 0 Å². The molecule has 0 amide bonds. The number of aromatic nitrogens is 2. The van der Waals surface area contributed by atoms with Crippen molar-refractivity contribution >= 4 is 10.9 Å². The number of aryl methyl sites for hydroxylation is 1. The van der Waals surface area contributed by atoms with E-state index in [1.54, 1.807) is 0 Å². The zero-order chi connectivity index (χ0) is 12.1. The van der Waals surface area contributed by atoms with Gasteiger partial charge in [0.25, 0.3) is 5.56 Å². The maximum atomic E-state index is 11.6. The first-order valence-corrected chi connectivity index (χ1v) is 5.88. The molecule has 0 aliphatic carbocycles. The van der Waals surface area contributed by atoms with E-state index in [2.05, 4.69) is 9.97 Å². The summed E-state index contributed by atoms with van der Waals surface area (Å²) in [7, 11) is 0. The minimum Gasteiger partial charge on any atom is -0.396 e. The van der Waals surface area contributed by atoms with Gasteiger partial charge in [-0.05, 0) is 37.0 Å². The first kappa shape index (κ1) is 11.8. The van der Waals surface area contributed by atoms with Crippen LogP contribution in [0, 0.1) is 0 Å². The Kier molecular flexibility index (Phi) is 3.88. The van der Waals surface area contributed by atoms with Crippen LogP contribution in [0.5, 0.6) is 0 Å². The highest BCUT2D eigenvalue weighted by Crippen LogP contribution is 2.12. The molecule has 1 aromatic heterocycles. The Labute approximate surface area is 99.3 Å². The Balaban J connectivity index is 2.14. The van der Waals surface area contributed by atoms with Gasteiger partial charge >= 0.3 is 0 Å². The predicted molar refractivity (Wildman–Crippen MR) is 67.0 cm³/mol. The third kappa shape index (κ3) is 2.91. The van der Waals surface area contributed by atoms with Gasteiger partial charge in [-0.25, -0.2) is 4.98 Å². The summed E-state index contributed by atoms with van der Waals surface area (Å²) in [6.45, 7) is 0.251. The molecule has 0 saturated carbocycles. The molecule has 0 aliphatic heterocycles. The summed E-state index contributed by atoms with van der Waals surface area (Å²) >= 11 is 0. The van der Waals surface area contributed by atoms with Crippen molar-refractivity contribution in [1.29, 1.82) is 0 Å². The number of nitrogens with zero attached hydrogens (tertiary/aromatic N) is 1. The second-order valence-electron chi connectivity index (χ2n) is 4.12. The van der Waals surface area contributed by atoms with Crippen molar-refractivity contribution in [1.82, 2.24) is 9.97 Å². The predicted octanol–water partition coefficient (Wildman–Crippen LogP) is 1.63. The molecule has 2 N–H and O–H groups in total. The average Bonchev–Trinajstić information content (AvgIpc) is 2.36. The van der Waals surface area contributed by atoms with E-state index in [-0.39, 0.29) is 12.2 Å². The topological polar surface area (TPSA) is 66.0 Å². The standard InChI is InChI=1S/C13H16N2O2/c16-7-3-1-2-4-10-5-6-12-11(8-10)13(17)15-9-14-12/h5-6,8-9,16H,1-4,7H2,(H,14,15,17). The van der Waals surface area contributed by atoms with E-state index in [1.807, 2.05) is 18.2 Å². The molecule has 0 aliphatic rings. The maximum Gasteiger partial charge on any atom is 0.258 e. The molecule has 4 nitrogen and oxygen atoms in total. The SMILES string of the molecule is O=c1[nH]cnc2ccc(CCCCCO)cc12. The van der Waals surface area contributed by atoms with E-state index in [4.69, 9.17) is 5.11 Å². The molecule has 0 unspecified atom stereocenters. The summed E-state index contributed by atoms with van der Waals surface area (Å²) in [4.78, 5) is 18.3. The van der Waals surface area contributed by atoms with Crippen molar-refractivity contribution < 1.29 is 5.11 Å². The summed E-state index contributed by atoms with van der Waals surface area (Å²) in [5.41, 5.74) is 1.79. The molecule has 4 heteroatoms. The molecule has 0 bridgehead atoms. The summed E-state index contributed by atoms with van der Waals surface area (Å²) in [5.74, 6) is 0. The zero-order valence-electron chi connectivity index (χ0n) is 9.65. The number of aromatic amines is 1. The summed E-state index contributed by atoms with van der Waals surface area (Å²) < 4.78 is 0. The lowest BCUT2D eigenvalue weighted by Crippen LogP contribution is -2.06. The van der Waals surface area contributed by atoms with E-state index in [0.29, 0.717) is 5.39 Å². The Morgan fingerprint density at radius 3 is 2.94 bits per heavy atom. The third-order valence-corrected chi connectivity index (χ3v) is 2.83. The Morgan fingerprint density at radius 1 is 1.24 bits per heavy atom. The van der Waals surface area contributed by atoms with Gasteiger partial charge in [-0.1, -0.05) is 12.5 Å². The molecule has 1 heterocycles. The van der Waals surface area contributed by atoms with Gasteiger partial charge in [-0.3, -0.25) is 4.79 Å². The molecular weight excluding hydrogens is 216 g/mol. The number of H-pyrrole nitrogens is 1. The fraction of sp³-hybridized carbons (Fsp3) is 0.385. The number of rotatable bonds is 5. The van der Waals surface area contributed by atoms with Crippen LogP contribution in [0.1, 0.15) is 24.8 Å². The molecule has 0 radical (unpaired) electrons. The Hall–Kier alpha value is -1.68. The molecule has 1 aromatic carbocycles. The highest BCUT2D eigenvalue weighted by atomic mass is 16.2. The molecule has 0 saturated heterocycles. The van der Waals surface area contributed by atoms with Gasteiger partial charge in [0, 0.05) is 6.61 Å². The second-order valence-corrected chi connectivity index (χ2v) is 4.12. The van der Waals surface area contributed by atoms with Crippen LogP contribution in [0.25, 0.3) is 10.9 Å². The van der Waals surface area contributed by atoms with Crippen molar-refractivity contribution in [3.05, 3.63) is 40.4 Å². The largest absolute Gasteiger partial charge is 0.396 e. The van der Waals surface area contributed by atoms with E-state index in [0.717, 1.165) is 36.8 Å². The van der Waals surface area contributed by atoms with Crippen molar-refractivity contribution in [3.8, 4) is 0 Å². The highest BCUT2D eigenvalue weighted by Gasteiger charge is 2.01. The van der Waals surface area contributed by atoms with Crippen LogP contribution in [0.15, 0.2) is 29.3 Å². The average molecular weight is 232 g/mol. The normalized spacial score (nSPS) is 10.9. The van der Waals surface area contributed by atoms with Crippen LogP contribution in [0.3, 0.4) is 0 Å². The number of unbranched alkanes of at least 4 members (excludes halogenated alkanes) is 2. The second kappa shape index (κ2) is 5.59. The number of aliphatic hydroxyl groups is 1. The maximum absolute atomic E-state index is 11.6. The molecule has 0 atom stereocenters. The molecule has 2 aromatic rings. The number of aliphatic hydroxyl groups excluding tert-OH is 1. The number of nitrogens with one attached hydrogen (secondary N) is 1. The smallest absolute Gasteiger partial charge is 0.258 e. The van der Waals surface area contributed by atoms with Crippen molar-refractivity contribution in [2.45, 2.75) is 25.7 Å². The van der Waals surface area contributed by atoms with Crippen LogP contribution in [-0.4, -0.2) is 21.7 Å². The first-order valence-electron chi connectivity index (χ1n) is 5.88. The van der Waals surface area contributed by atoms with Crippen LogP contribution in [0.4, 0.5) is 0 Å². The van der Waals surface area contributed by atoms with Crippen LogP contribution < -0.4 is 5.56 Å². The van der Waals surface area contributed by atoms with E-state index in [9.17, 15) is 4.79 Å². The number of fused-ring (bicyclic) bond motifs is 1. The van der Waals surface area contributed by atoms with Crippen molar-refractivity contribution in [2.24, 2.45) is 0 Å². The summed E-state index contributed by atoms with van der Waals surface area (Å²) in [6.07, 6.45) is 5.24. The molecule has 17 heavy (non-hydrogen) atoms. The summed E-state index contributed by atoms with van der Waals surface area (Å²) in [6, 6.07) is 5.79. The molecular formula is C13H16N2O2. The molecule has 2 rings (SSSR count). The van der Waals surface area contributed by atoms with Gasteiger partial charge in [-0.2, -0.15) is 0 Å². The minimum atomic E-state index is -0.0905. The van der Waals surface area contributed by atoms with Gasteiger partial charge < -0.3 is 10.1 Å². The minimum absolute atomic E-state index is 0.0905. The summed E-state index contributed by atoms with van der Waals surface area (Å²) in [5, 5.41) is 9.33. The lowest BCUT2D eigenvalue weighted by molar-refractivity contribution is 0.283. The van der Waals surface area contributed by atoms with Crippen LogP contribution in [0.2, 0.25) is 0 Å². The lowest BCUT2D eigenvalue weighted by atomic mass is 10.1. The Bertz CT molecular complexity index is 548. The quantitative estimate of drug-likeness (QED) is 0.770. The fourth-order valence-corrected chi connectivity index (χ4v) is 1.89. The van der Waals surface area contributed by atoms with Crippen molar-refractivity contribution in [3.63, 3.8) is 0 Å². The molecule has 90 valence electrons. The van der Waals surface area contributed by atoms with E-state index >= 15 is 0 Å². The Morgan fingerprint density at radius 2 is 2.12 bits per heavy atom. The first-order chi connectivity index (χ1) is 8.31. The third-order valence-electron chi connectivity index (χ3n) is 2.83. The van der Waals surface area contributed by atoms with Crippen LogP contribution >= 0.6 is 0 Å².